The Morgan fingerprint density at radius 3 is 1.13 bits per heavy atom. The van der Waals surface area contributed by atoms with E-state index in [1.54, 1.807) is 0 Å². The summed E-state index contributed by atoms with van der Waals surface area (Å²) in [6.07, 6.45) is 4.54. The number of para-hydroxylation sites is 2. The molecule has 0 spiro atoms. The summed E-state index contributed by atoms with van der Waals surface area (Å²) >= 11 is 0. The van der Waals surface area contributed by atoms with Gasteiger partial charge >= 0.3 is 0 Å². The summed E-state index contributed by atoms with van der Waals surface area (Å²) in [4.78, 5) is 4.81. The van der Waals surface area contributed by atoms with E-state index in [2.05, 4.69) is 121 Å². The summed E-state index contributed by atoms with van der Waals surface area (Å²) in [7, 11) is 0. The van der Waals surface area contributed by atoms with Crippen LogP contribution in [-0.2, 0) is 9.47 Å². The molecule has 0 saturated heterocycles. The molecule has 0 fully saturated rings. The van der Waals surface area contributed by atoms with Gasteiger partial charge in [0.15, 0.2) is 0 Å². The lowest BCUT2D eigenvalue weighted by Gasteiger charge is -2.29. The molecule has 0 radical (unpaired) electrons. The van der Waals surface area contributed by atoms with Crippen LogP contribution in [0.4, 0.5) is 34.1 Å². The van der Waals surface area contributed by atoms with Crippen LogP contribution < -0.4 is 20.4 Å². The molecule has 246 valence electrons. The zero-order valence-corrected chi connectivity index (χ0v) is 28.3. The summed E-state index contributed by atoms with van der Waals surface area (Å²) in [5.74, 6) is 0. The molecule has 0 heterocycles. The maximum Gasteiger partial charge on any atom is 0.0641 e. The van der Waals surface area contributed by atoms with Gasteiger partial charge in [0.2, 0.25) is 0 Å². The summed E-state index contributed by atoms with van der Waals surface area (Å²) < 4.78 is 12.0. The number of rotatable bonds is 21. The molecule has 4 rings (SSSR count). The fraction of sp³-hybridized carbons (Fsp3) is 0.400. The summed E-state index contributed by atoms with van der Waals surface area (Å²) in [6, 6.07) is 38.7. The third-order valence-corrected chi connectivity index (χ3v) is 8.05. The van der Waals surface area contributed by atoms with Gasteiger partial charge in [-0.25, -0.2) is 0 Å². The molecule has 0 aromatic heterocycles. The van der Waals surface area contributed by atoms with Crippen molar-refractivity contribution in [2.75, 3.05) is 60.0 Å². The molecule has 4 aromatic rings. The highest BCUT2D eigenvalue weighted by atomic mass is 16.5. The average Bonchev–Trinajstić information content (AvgIpc) is 3.07. The van der Waals surface area contributed by atoms with Gasteiger partial charge in [0.25, 0.3) is 0 Å². The Morgan fingerprint density at radius 2 is 0.783 bits per heavy atom. The van der Waals surface area contributed by atoms with Crippen LogP contribution in [0.5, 0.6) is 0 Å². The van der Waals surface area contributed by atoms with E-state index in [1.165, 1.54) is 24.2 Å². The molecule has 0 amide bonds. The number of benzene rings is 4. The van der Waals surface area contributed by atoms with Gasteiger partial charge in [-0.2, -0.15) is 0 Å². The molecule has 2 N–H and O–H groups in total. The molecule has 0 bridgehead atoms. The van der Waals surface area contributed by atoms with Crippen molar-refractivity contribution in [1.29, 1.82) is 0 Å². The van der Waals surface area contributed by atoms with Crippen molar-refractivity contribution in [3.05, 3.63) is 109 Å². The first-order valence-electron chi connectivity index (χ1n) is 17.0. The zero-order chi connectivity index (χ0) is 32.4. The minimum absolute atomic E-state index is 0.409. The standard InChI is InChI=1S/C40H54N4O2/c1-33(2)43(39-23-19-37(20-24-39)41-35-15-9-7-10-16-35)27-31-45-29-13-5-6-14-30-46-32-28-44(34(3)4)40-25-21-38(22-26-40)42-36-17-11-8-12-18-36/h7-12,15-26,33-34,41-42H,5-6,13-14,27-32H2,1-4H3. The summed E-state index contributed by atoms with van der Waals surface area (Å²) in [5, 5.41) is 6.91. The second-order valence-corrected chi connectivity index (χ2v) is 12.3. The SMILES string of the molecule is CC(C)N(CCOCCCCCCOCCN(c1ccc(Nc2ccccc2)cc1)C(C)C)c1ccc(Nc2ccccc2)cc1. The zero-order valence-electron chi connectivity index (χ0n) is 28.3. The maximum atomic E-state index is 6.02. The second-order valence-electron chi connectivity index (χ2n) is 12.3. The van der Waals surface area contributed by atoms with Crippen LogP contribution in [0.1, 0.15) is 53.4 Å². The summed E-state index contributed by atoms with van der Waals surface area (Å²) in [6.45, 7) is 13.8. The fourth-order valence-electron chi connectivity index (χ4n) is 5.51. The normalized spacial score (nSPS) is 11.2. The highest BCUT2D eigenvalue weighted by Crippen LogP contribution is 2.24. The van der Waals surface area contributed by atoms with Crippen molar-refractivity contribution < 1.29 is 9.47 Å². The van der Waals surface area contributed by atoms with Crippen LogP contribution in [0.3, 0.4) is 0 Å². The smallest absolute Gasteiger partial charge is 0.0641 e. The first-order chi connectivity index (χ1) is 22.5. The van der Waals surface area contributed by atoms with Gasteiger partial charge in [0.1, 0.15) is 0 Å². The molecule has 6 nitrogen and oxygen atoms in total. The van der Waals surface area contributed by atoms with Gasteiger partial charge < -0.3 is 29.9 Å². The molecule has 4 aromatic carbocycles. The molecule has 0 aliphatic rings. The van der Waals surface area contributed by atoms with Gasteiger partial charge in [0, 0.05) is 72.5 Å². The Bertz CT molecular complexity index is 1240. The first kappa shape index (κ1) is 34.9. The van der Waals surface area contributed by atoms with Crippen molar-refractivity contribution in [2.45, 2.75) is 65.5 Å². The minimum Gasteiger partial charge on any atom is -0.380 e. The van der Waals surface area contributed by atoms with Gasteiger partial charge in [-0.05, 0) is 113 Å². The Balaban J connectivity index is 1.04. The van der Waals surface area contributed by atoms with Crippen LogP contribution in [0, 0.1) is 0 Å². The summed E-state index contributed by atoms with van der Waals surface area (Å²) in [5.41, 5.74) is 6.83. The number of nitrogens with zero attached hydrogens (tertiary/aromatic N) is 2. The second kappa shape index (κ2) is 19.5. The van der Waals surface area contributed by atoms with Gasteiger partial charge in [-0.15, -0.1) is 0 Å². The Labute approximate surface area is 277 Å². The number of unbranched alkanes of at least 4 members (excludes halogenated alkanes) is 3. The Hall–Kier alpha value is -4.00. The molecule has 6 heteroatoms. The highest BCUT2D eigenvalue weighted by molar-refractivity contribution is 5.64. The van der Waals surface area contributed by atoms with Crippen LogP contribution in [0.2, 0.25) is 0 Å². The van der Waals surface area contributed by atoms with Crippen LogP contribution >= 0.6 is 0 Å². The Morgan fingerprint density at radius 1 is 0.435 bits per heavy atom. The van der Waals surface area contributed by atoms with E-state index < -0.39 is 0 Å². The molecular weight excluding hydrogens is 568 g/mol. The largest absolute Gasteiger partial charge is 0.380 e. The fourth-order valence-corrected chi connectivity index (χ4v) is 5.51. The molecule has 46 heavy (non-hydrogen) atoms. The molecule has 0 saturated carbocycles. The van der Waals surface area contributed by atoms with Crippen molar-refractivity contribution >= 4 is 34.1 Å². The molecular formula is C40H54N4O2. The quantitative estimate of drug-likeness (QED) is 0.0902. The number of hydrogen-bond donors (Lipinski definition) is 2. The van der Waals surface area contributed by atoms with E-state index >= 15 is 0 Å². The monoisotopic (exact) mass is 622 g/mol. The van der Waals surface area contributed by atoms with E-state index in [-0.39, 0.29) is 0 Å². The molecule has 0 aliphatic carbocycles. The van der Waals surface area contributed by atoms with Gasteiger partial charge in [-0.1, -0.05) is 49.2 Å². The van der Waals surface area contributed by atoms with Crippen LogP contribution in [0.15, 0.2) is 109 Å². The van der Waals surface area contributed by atoms with E-state index in [0.29, 0.717) is 12.1 Å². The minimum atomic E-state index is 0.409. The number of nitrogens with one attached hydrogen (secondary N) is 2. The molecule has 0 atom stereocenters. The predicted molar refractivity (Wildman–Crippen MR) is 197 cm³/mol. The lowest BCUT2D eigenvalue weighted by atomic mass is 10.2. The lowest BCUT2D eigenvalue weighted by molar-refractivity contribution is 0.126. The molecule has 0 aliphatic heterocycles. The number of anilines is 6. The van der Waals surface area contributed by atoms with Crippen molar-refractivity contribution in [3.63, 3.8) is 0 Å². The van der Waals surface area contributed by atoms with Gasteiger partial charge in [-0.3, -0.25) is 0 Å². The lowest BCUT2D eigenvalue weighted by Crippen LogP contribution is -2.34. The van der Waals surface area contributed by atoms with Crippen LogP contribution in [0.25, 0.3) is 0 Å². The topological polar surface area (TPSA) is 49.0 Å². The molecule has 0 unspecified atom stereocenters. The average molecular weight is 623 g/mol. The van der Waals surface area contributed by atoms with E-state index in [1.807, 2.05) is 36.4 Å². The van der Waals surface area contributed by atoms with Crippen LogP contribution in [-0.4, -0.2) is 51.6 Å². The number of hydrogen-bond acceptors (Lipinski definition) is 6. The van der Waals surface area contributed by atoms with E-state index in [0.717, 1.165) is 75.1 Å². The third-order valence-electron chi connectivity index (χ3n) is 8.05. The van der Waals surface area contributed by atoms with Crippen molar-refractivity contribution in [2.24, 2.45) is 0 Å². The van der Waals surface area contributed by atoms with E-state index in [9.17, 15) is 0 Å². The van der Waals surface area contributed by atoms with Crippen molar-refractivity contribution in [3.8, 4) is 0 Å². The Kier molecular flexibility index (Phi) is 14.8. The maximum absolute atomic E-state index is 6.02. The van der Waals surface area contributed by atoms with Gasteiger partial charge in [0.05, 0.1) is 13.2 Å². The van der Waals surface area contributed by atoms with Crippen molar-refractivity contribution in [1.82, 2.24) is 0 Å². The first-order valence-corrected chi connectivity index (χ1v) is 17.0. The predicted octanol–water partition coefficient (Wildman–Crippen LogP) is 9.90. The number of ether oxygens (including phenoxy) is 2. The van der Waals surface area contributed by atoms with E-state index in [4.69, 9.17) is 9.47 Å². The highest BCUT2D eigenvalue weighted by Gasteiger charge is 2.12. The third kappa shape index (κ3) is 12.1.